The van der Waals surface area contributed by atoms with E-state index < -0.39 is 5.97 Å². The summed E-state index contributed by atoms with van der Waals surface area (Å²) >= 11 is 0. The molecule has 2 atom stereocenters. The van der Waals surface area contributed by atoms with Gasteiger partial charge < -0.3 is 10.0 Å². The Balaban J connectivity index is 2.22. The van der Waals surface area contributed by atoms with Crippen LogP contribution in [0.4, 0.5) is 5.95 Å². The summed E-state index contributed by atoms with van der Waals surface area (Å²) in [7, 11) is 0. The Bertz CT molecular complexity index is 427. The van der Waals surface area contributed by atoms with Gasteiger partial charge in [0.1, 0.15) is 0 Å². The number of aliphatic carboxylic acids is 1. The van der Waals surface area contributed by atoms with Gasteiger partial charge in [0, 0.05) is 24.5 Å². The third-order valence-corrected chi connectivity index (χ3v) is 3.18. The maximum absolute atomic E-state index is 11.1. The van der Waals surface area contributed by atoms with Crippen LogP contribution < -0.4 is 4.90 Å². The zero-order valence-electron chi connectivity index (χ0n) is 10.3. The molecule has 2 heterocycles. The lowest BCUT2D eigenvalue weighted by Gasteiger charge is -2.16. The second kappa shape index (κ2) is 4.31. The van der Waals surface area contributed by atoms with Crippen LogP contribution in [0.5, 0.6) is 0 Å². The quantitative estimate of drug-likeness (QED) is 0.835. The number of rotatable bonds is 2. The van der Waals surface area contributed by atoms with Crippen LogP contribution in [0.1, 0.15) is 18.3 Å². The van der Waals surface area contributed by atoms with Crippen molar-refractivity contribution in [1.29, 1.82) is 0 Å². The molecule has 0 spiro atoms. The van der Waals surface area contributed by atoms with Gasteiger partial charge in [0.2, 0.25) is 5.95 Å². The minimum Gasteiger partial charge on any atom is -0.481 e. The molecule has 0 amide bonds. The fourth-order valence-electron chi connectivity index (χ4n) is 2.30. The summed E-state index contributed by atoms with van der Waals surface area (Å²) in [5.41, 5.74) is 1.83. The lowest BCUT2D eigenvalue weighted by molar-refractivity contribution is -0.142. The van der Waals surface area contributed by atoms with Gasteiger partial charge >= 0.3 is 5.97 Å². The first-order valence-electron chi connectivity index (χ1n) is 5.77. The molecule has 0 radical (unpaired) electrons. The molecule has 17 heavy (non-hydrogen) atoms. The van der Waals surface area contributed by atoms with Crippen LogP contribution in [0, 0.1) is 25.7 Å². The smallest absolute Gasteiger partial charge is 0.308 e. The Labute approximate surface area is 100 Å². The van der Waals surface area contributed by atoms with Gasteiger partial charge in [0.15, 0.2) is 0 Å². The zero-order chi connectivity index (χ0) is 12.6. The van der Waals surface area contributed by atoms with Crippen molar-refractivity contribution in [1.82, 2.24) is 9.97 Å². The highest BCUT2D eigenvalue weighted by atomic mass is 16.4. The summed E-state index contributed by atoms with van der Waals surface area (Å²) in [6.07, 6.45) is 0. The minimum atomic E-state index is -0.732. The monoisotopic (exact) mass is 235 g/mol. The van der Waals surface area contributed by atoms with Gasteiger partial charge in [0.05, 0.1) is 5.92 Å². The van der Waals surface area contributed by atoms with Crippen LogP contribution >= 0.6 is 0 Å². The van der Waals surface area contributed by atoms with Gasteiger partial charge in [-0.1, -0.05) is 6.92 Å². The summed E-state index contributed by atoms with van der Waals surface area (Å²) in [6, 6.07) is 1.91. The number of anilines is 1. The van der Waals surface area contributed by atoms with Gasteiger partial charge in [0.25, 0.3) is 0 Å². The number of carbonyl (C=O) groups is 1. The summed E-state index contributed by atoms with van der Waals surface area (Å²) < 4.78 is 0. The molecule has 1 saturated heterocycles. The van der Waals surface area contributed by atoms with Crippen molar-refractivity contribution in [3.05, 3.63) is 17.5 Å². The van der Waals surface area contributed by atoms with Crippen LogP contribution in [0.2, 0.25) is 0 Å². The Kier molecular flexibility index (Phi) is 3.00. The lowest BCUT2D eigenvalue weighted by atomic mass is 9.99. The number of carboxylic acid groups (broad SMARTS) is 1. The normalized spacial score (nSPS) is 24.1. The number of carboxylic acids is 1. The summed E-state index contributed by atoms with van der Waals surface area (Å²) in [5, 5.41) is 9.09. The van der Waals surface area contributed by atoms with E-state index in [2.05, 4.69) is 9.97 Å². The van der Waals surface area contributed by atoms with Crippen LogP contribution in [0.3, 0.4) is 0 Å². The molecule has 5 heteroatoms. The van der Waals surface area contributed by atoms with Gasteiger partial charge in [-0.05, 0) is 25.8 Å². The molecule has 1 aromatic rings. The van der Waals surface area contributed by atoms with E-state index in [1.54, 1.807) is 0 Å². The highest BCUT2D eigenvalue weighted by Gasteiger charge is 2.35. The molecule has 1 aliphatic heterocycles. The van der Waals surface area contributed by atoms with E-state index in [1.165, 1.54) is 0 Å². The maximum atomic E-state index is 11.1. The van der Waals surface area contributed by atoms with E-state index in [9.17, 15) is 4.79 Å². The second-order valence-electron chi connectivity index (χ2n) is 4.78. The molecule has 0 unspecified atom stereocenters. The molecule has 92 valence electrons. The van der Waals surface area contributed by atoms with Gasteiger partial charge in [-0.2, -0.15) is 0 Å². The van der Waals surface area contributed by atoms with E-state index in [-0.39, 0.29) is 11.8 Å². The Morgan fingerprint density at radius 1 is 1.35 bits per heavy atom. The first-order valence-corrected chi connectivity index (χ1v) is 5.77. The molecule has 0 bridgehead atoms. The van der Waals surface area contributed by atoms with E-state index in [1.807, 2.05) is 31.7 Å². The first kappa shape index (κ1) is 11.8. The zero-order valence-corrected chi connectivity index (χ0v) is 10.3. The van der Waals surface area contributed by atoms with Crippen LogP contribution in [-0.4, -0.2) is 34.1 Å². The lowest BCUT2D eigenvalue weighted by Crippen LogP contribution is -2.24. The Hall–Kier alpha value is -1.65. The molecule has 0 aliphatic carbocycles. The molecule has 1 aliphatic rings. The van der Waals surface area contributed by atoms with Crippen molar-refractivity contribution in [2.75, 3.05) is 18.0 Å². The standard InChI is InChI=1S/C12H17N3O2/c1-7-5-15(6-10(7)11(16)17)12-13-8(2)4-9(3)14-12/h4,7,10H,5-6H2,1-3H3,(H,16,17)/t7-,10-/m1/s1. The average molecular weight is 235 g/mol. The Morgan fingerprint density at radius 3 is 2.41 bits per heavy atom. The summed E-state index contributed by atoms with van der Waals surface area (Å²) in [5.74, 6) is -0.265. The predicted octanol–water partition coefficient (Wildman–Crippen LogP) is 1.25. The van der Waals surface area contributed by atoms with Crippen LogP contribution in [0.15, 0.2) is 6.07 Å². The third kappa shape index (κ3) is 2.38. The maximum Gasteiger partial charge on any atom is 0.308 e. The molecule has 1 N–H and O–H groups in total. The fraction of sp³-hybridized carbons (Fsp3) is 0.583. The largest absolute Gasteiger partial charge is 0.481 e. The van der Waals surface area contributed by atoms with Crippen molar-refractivity contribution < 1.29 is 9.90 Å². The molecular weight excluding hydrogens is 218 g/mol. The van der Waals surface area contributed by atoms with E-state index >= 15 is 0 Å². The number of aromatic nitrogens is 2. The van der Waals surface area contributed by atoms with Gasteiger partial charge in [-0.25, -0.2) is 9.97 Å². The number of hydrogen-bond donors (Lipinski definition) is 1. The van der Waals surface area contributed by atoms with Gasteiger partial charge in [-0.15, -0.1) is 0 Å². The van der Waals surface area contributed by atoms with Crippen molar-refractivity contribution in [3.63, 3.8) is 0 Å². The fourth-order valence-corrected chi connectivity index (χ4v) is 2.30. The van der Waals surface area contributed by atoms with Crippen LogP contribution in [-0.2, 0) is 4.79 Å². The molecule has 0 aromatic carbocycles. The molecule has 1 aromatic heterocycles. The summed E-state index contributed by atoms with van der Waals surface area (Å²) in [6.45, 7) is 7.01. The number of hydrogen-bond acceptors (Lipinski definition) is 4. The number of aryl methyl sites for hydroxylation is 2. The highest BCUT2D eigenvalue weighted by Crippen LogP contribution is 2.26. The highest BCUT2D eigenvalue weighted by molar-refractivity contribution is 5.72. The molecule has 0 saturated carbocycles. The number of nitrogens with zero attached hydrogens (tertiary/aromatic N) is 3. The summed E-state index contributed by atoms with van der Waals surface area (Å²) in [4.78, 5) is 21.7. The first-order chi connectivity index (χ1) is 7.97. The van der Waals surface area contributed by atoms with E-state index in [4.69, 9.17) is 5.11 Å². The van der Waals surface area contributed by atoms with Crippen molar-refractivity contribution in [3.8, 4) is 0 Å². The van der Waals surface area contributed by atoms with Crippen molar-refractivity contribution >= 4 is 11.9 Å². The molecule has 2 rings (SSSR count). The second-order valence-corrected chi connectivity index (χ2v) is 4.78. The predicted molar refractivity (Wildman–Crippen MR) is 64.0 cm³/mol. The average Bonchev–Trinajstić information content (AvgIpc) is 2.59. The minimum absolute atomic E-state index is 0.136. The van der Waals surface area contributed by atoms with E-state index in [0.717, 1.165) is 11.4 Å². The SMILES string of the molecule is Cc1cc(C)nc(N2C[C@@H](C)[C@H](C(=O)O)C2)n1. The van der Waals surface area contributed by atoms with Crippen LogP contribution in [0.25, 0.3) is 0 Å². The van der Waals surface area contributed by atoms with Crippen molar-refractivity contribution in [2.45, 2.75) is 20.8 Å². The topological polar surface area (TPSA) is 66.3 Å². The molecule has 5 nitrogen and oxygen atoms in total. The molecule has 1 fully saturated rings. The van der Waals surface area contributed by atoms with Crippen molar-refractivity contribution in [2.24, 2.45) is 11.8 Å². The van der Waals surface area contributed by atoms with E-state index in [0.29, 0.717) is 19.0 Å². The van der Waals surface area contributed by atoms with Gasteiger partial charge in [-0.3, -0.25) is 4.79 Å². The Morgan fingerprint density at radius 2 is 1.94 bits per heavy atom. The third-order valence-electron chi connectivity index (χ3n) is 3.18. The molecular formula is C12H17N3O2.